The van der Waals surface area contributed by atoms with Gasteiger partial charge >= 0.3 is 18.1 Å². The van der Waals surface area contributed by atoms with E-state index in [0.717, 1.165) is 24.3 Å². The Balaban J connectivity index is 2.16. The van der Waals surface area contributed by atoms with Crippen LogP contribution in [-0.2, 0) is 6.18 Å². The highest BCUT2D eigenvalue weighted by atomic mass is 32.1. The van der Waals surface area contributed by atoms with E-state index in [9.17, 15) is 22.8 Å². The molecule has 0 radical (unpaired) electrons. The predicted molar refractivity (Wildman–Crippen MR) is 63.3 cm³/mol. The number of halogens is 3. The third-order valence-corrected chi connectivity index (χ3v) is 2.98. The minimum atomic E-state index is -4.50. The Morgan fingerprint density at radius 2 is 1.81 bits per heavy atom. The van der Waals surface area contributed by atoms with E-state index in [-0.39, 0.29) is 5.75 Å². The predicted octanol–water partition coefficient (Wildman–Crippen LogP) is 2.47. The quantitative estimate of drug-likeness (QED) is 0.691. The van der Waals surface area contributed by atoms with E-state index < -0.39 is 34.2 Å². The fourth-order valence-electron chi connectivity index (χ4n) is 1.33. The van der Waals surface area contributed by atoms with Crippen molar-refractivity contribution >= 4 is 23.5 Å². The molecule has 21 heavy (non-hydrogen) atoms. The second-order valence-corrected chi connectivity index (χ2v) is 4.42. The summed E-state index contributed by atoms with van der Waals surface area (Å²) in [6.07, 6.45) is -4.50. The first-order valence-corrected chi connectivity index (χ1v) is 6.01. The number of hydrogen-bond donors (Lipinski definition) is 1. The van der Waals surface area contributed by atoms with Gasteiger partial charge < -0.3 is 9.84 Å². The number of hydrogen-bond acceptors (Lipinski definition) is 6. The summed E-state index contributed by atoms with van der Waals surface area (Å²) in [5, 5.41) is 12.1. The lowest BCUT2D eigenvalue weighted by Crippen LogP contribution is -2.13. The molecule has 10 heteroatoms. The number of carbonyl (C=O) groups excluding carboxylic acids is 1. The van der Waals surface area contributed by atoms with Crippen molar-refractivity contribution in [2.24, 2.45) is 0 Å². The number of alkyl halides is 3. The van der Waals surface area contributed by atoms with Gasteiger partial charge in [-0.25, -0.2) is 9.59 Å². The van der Waals surface area contributed by atoms with Crippen LogP contribution in [0.1, 0.15) is 25.7 Å². The lowest BCUT2D eigenvalue weighted by molar-refractivity contribution is -0.137. The normalized spacial score (nSPS) is 11.2. The van der Waals surface area contributed by atoms with Crippen molar-refractivity contribution in [2.75, 3.05) is 0 Å². The zero-order valence-electron chi connectivity index (χ0n) is 9.92. The molecule has 0 fully saturated rings. The molecule has 0 unspecified atom stereocenters. The van der Waals surface area contributed by atoms with Gasteiger partial charge in [0.1, 0.15) is 5.75 Å². The monoisotopic (exact) mass is 318 g/mol. The first-order chi connectivity index (χ1) is 9.79. The number of aromatic carboxylic acids is 1. The Morgan fingerprint density at radius 3 is 2.33 bits per heavy atom. The molecular weight excluding hydrogens is 313 g/mol. The number of esters is 1. The molecule has 0 aliphatic rings. The molecular formula is C11H5F3N2O4S. The summed E-state index contributed by atoms with van der Waals surface area (Å²) in [7, 11) is 0. The highest BCUT2D eigenvalue weighted by molar-refractivity contribution is 7.08. The van der Waals surface area contributed by atoms with Crippen molar-refractivity contribution in [1.82, 2.24) is 9.59 Å². The van der Waals surface area contributed by atoms with Crippen molar-refractivity contribution in [2.45, 2.75) is 6.18 Å². The Hall–Kier alpha value is -2.49. The minimum absolute atomic E-state index is 0.169. The second kappa shape index (κ2) is 5.48. The summed E-state index contributed by atoms with van der Waals surface area (Å²) in [5.41, 5.74) is -1.41. The molecule has 0 amide bonds. The number of rotatable bonds is 3. The van der Waals surface area contributed by atoms with Gasteiger partial charge in [0.05, 0.1) is 5.56 Å². The van der Waals surface area contributed by atoms with Crippen molar-refractivity contribution in [1.29, 1.82) is 0 Å². The maximum atomic E-state index is 12.4. The number of nitrogens with zero attached hydrogens (tertiary/aromatic N) is 2. The third kappa shape index (κ3) is 3.34. The van der Waals surface area contributed by atoms with Crippen LogP contribution in [0.3, 0.4) is 0 Å². The standard InChI is InChI=1S/C11H5F3N2O4S/c12-11(13,14)5-1-3-6(4-2-5)20-10(19)7-8(9(17)18)21-16-15-7/h1-4H,(H,17,18). The molecule has 1 aromatic heterocycles. The summed E-state index contributed by atoms with van der Waals surface area (Å²) >= 11 is 0.492. The van der Waals surface area contributed by atoms with Gasteiger partial charge in [-0.1, -0.05) is 4.49 Å². The van der Waals surface area contributed by atoms with Crippen LogP contribution in [0.4, 0.5) is 13.2 Å². The van der Waals surface area contributed by atoms with Crippen molar-refractivity contribution in [3.05, 3.63) is 40.4 Å². The van der Waals surface area contributed by atoms with E-state index in [2.05, 4.69) is 9.59 Å². The van der Waals surface area contributed by atoms with Gasteiger partial charge in [-0.3, -0.25) is 0 Å². The maximum absolute atomic E-state index is 12.4. The highest BCUT2D eigenvalue weighted by Crippen LogP contribution is 2.30. The largest absolute Gasteiger partial charge is 0.477 e. The average Bonchev–Trinajstić information content (AvgIpc) is 2.87. The molecule has 1 N–H and O–H groups in total. The minimum Gasteiger partial charge on any atom is -0.477 e. The van der Waals surface area contributed by atoms with Crippen LogP contribution in [-0.4, -0.2) is 26.6 Å². The molecule has 0 atom stereocenters. The molecule has 0 saturated heterocycles. The number of benzene rings is 1. The lowest BCUT2D eigenvalue weighted by atomic mass is 10.2. The van der Waals surface area contributed by atoms with Gasteiger partial charge in [0.15, 0.2) is 10.6 Å². The highest BCUT2D eigenvalue weighted by Gasteiger charge is 2.30. The average molecular weight is 318 g/mol. The van der Waals surface area contributed by atoms with Gasteiger partial charge in [0, 0.05) is 0 Å². The van der Waals surface area contributed by atoms with Gasteiger partial charge in [0.2, 0.25) is 0 Å². The molecule has 1 aromatic carbocycles. The molecule has 2 rings (SSSR count). The van der Waals surface area contributed by atoms with E-state index in [4.69, 9.17) is 9.84 Å². The molecule has 0 aliphatic heterocycles. The fourth-order valence-corrected chi connectivity index (χ4v) is 1.82. The zero-order chi connectivity index (χ0) is 15.6. The Labute approximate surface area is 118 Å². The fraction of sp³-hybridized carbons (Fsp3) is 0.0909. The van der Waals surface area contributed by atoms with E-state index in [0.29, 0.717) is 11.5 Å². The summed E-state index contributed by atoms with van der Waals surface area (Å²) in [6, 6.07) is 3.36. The molecule has 0 spiro atoms. The Bertz CT molecular complexity index is 682. The number of aromatic nitrogens is 2. The van der Waals surface area contributed by atoms with Gasteiger partial charge in [-0.05, 0) is 35.8 Å². The first-order valence-electron chi connectivity index (χ1n) is 5.24. The van der Waals surface area contributed by atoms with Crippen LogP contribution in [0.2, 0.25) is 0 Å². The van der Waals surface area contributed by atoms with Gasteiger partial charge in [-0.15, -0.1) is 5.10 Å². The van der Waals surface area contributed by atoms with Gasteiger partial charge in [-0.2, -0.15) is 13.2 Å². The second-order valence-electron chi connectivity index (χ2n) is 3.67. The molecule has 0 saturated carbocycles. The molecule has 2 aromatic rings. The van der Waals surface area contributed by atoms with Crippen molar-refractivity contribution < 1.29 is 32.6 Å². The SMILES string of the molecule is O=C(Oc1ccc(C(F)(F)F)cc1)c1nnsc1C(=O)O. The summed E-state index contributed by atoms with van der Waals surface area (Å²) < 4.78 is 45.1. The molecule has 1 heterocycles. The van der Waals surface area contributed by atoms with Crippen LogP contribution in [0.25, 0.3) is 0 Å². The van der Waals surface area contributed by atoms with E-state index in [1.54, 1.807) is 0 Å². The summed E-state index contributed by atoms with van der Waals surface area (Å²) in [5.74, 6) is -2.68. The van der Waals surface area contributed by atoms with Crippen molar-refractivity contribution in [3.63, 3.8) is 0 Å². The van der Waals surface area contributed by atoms with E-state index in [1.807, 2.05) is 0 Å². The molecule has 0 aliphatic carbocycles. The number of carboxylic acids is 1. The van der Waals surface area contributed by atoms with Crippen molar-refractivity contribution in [3.8, 4) is 5.75 Å². The third-order valence-electron chi connectivity index (χ3n) is 2.27. The summed E-state index contributed by atoms with van der Waals surface area (Å²) in [6.45, 7) is 0. The van der Waals surface area contributed by atoms with Crippen LogP contribution >= 0.6 is 11.5 Å². The zero-order valence-corrected chi connectivity index (χ0v) is 10.7. The smallest absolute Gasteiger partial charge is 0.416 e. The first kappa shape index (κ1) is 14.9. The lowest BCUT2D eigenvalue weighted by Gasteiger charge is -2.07. The van der Waals surface area contributed by atoms with E-state index in [1.165, 1.54) is 0 Å². The molecule has 6 nitrogen and oxygen atoms in total. The van der Waals surface area contributed by atoms with Gasteiger partial charge in [0.25, 0.3) is 0 Å². The topological polar surface area (TPSA) is 89.4 Å². The van der Waals surface area contributed by atoms with E-state index >= 15 is 0 Å². The maximum Gasteiger partial charge on any atom is 0.416 e. The van der Waals surface area contributed by atoms with Crippen LogP contribution < -0.4 is 4.74 Å². The van der Waals surface area contributed by atoms with Crippen LogP contribution in [0.15, 0.2) is 24.3 Å². The number of carboxylic acid groups (broad SMARTS) is 1. The summed E-state index contributed by atoms with van der Waals surface area (Å²) in [4.78, 5) is 22.1. The Kier molecular flexibility index (Phi) is 3.89. The number of ether oxygens (including phenoxy) is 1. The molecule has 110 valence electrons. The van der Waals surface area contributed by atoms with Crippen LogP contribution in [0.5, 0.6) is 5.75 Å². The Morgan fingerprint density at radius 1 is 1.19 bits per heavy atom. The van der Waals surface area contributed by atoms with Crippen LogP contribution in [0, 0.1) is 0 Å². The number of carbonyl (C=O) groups is 2. The molecule has 0 bridgehead atoms.